The SMILES string of the molecule is Cc1nc(CN2CCN(S(=O)(=O)c3ccc(C(C)C)cc3)CC2)no1. The maximum Gasteiger partial charge on any atom is 0.243 e. The zero-order valence-corrected chi connectivity index (χ0v) is 15.7. The smallest absolute Gasteiger partial charge is 0.243 e. The molecule has 0 atom stereocenters. The van der Waals surface area contributed by atoms with Crippen LogP contribution in [-0.4, -0.2) is 53.9 Å². The molecule has 1 fully saturated rings. The Morgan fingerprint density at radius 3 is 2.28 bits per heavy atom. The van der Waals surface area contributed by atoms with Gasteiger partial charge in [0.1, 0.15) is 0 Å². The second-order valence-electron chi connectivity index (χ2n) is 6.63. The first kappa shape index (κ1) is 18.0. The average Bonchev–Trinajstić information content (AvgIpc) is 3.00. The lowest BCUT2D eigenvalue weighted by Crippen LogP contribution is -2.48. The fourth-order valence-corrected chi connectivity index (χ4v) is 4.33. The summed E-state index contributed by atoms with van der Waals surface area (Å²) in [4.78, 5) is 6.69. The van der Waals surface area contributed by atoms with Crippen molar-refractivity contribution >= 4 is 10.0 Å². The van der Waals surface area contributed by atoms with E-state index in [2.05, 4.69) is 28.9 Å². The minimum absolute atomic E-state index is 0.360. The zero-order valence-electron chi connectivity index (χ0n) is 14.8. The summed E-state index contributed by atoms with van der Waals surface area (Å²) in [5.41, 5.74) is 1.14. The van der Waals surface area contributed by atoms with Crippen molar-refractivity contribution in [1.29, 1.82) is 0 Å². The summed E-state index contributed by atoms with van der Waals surface area (Å²) in [5, 5.41) is 3.89. The van der Waals surface area contributed by atoms with Crippen molar-refractivity contribution in [2.24, 2.45) is 0 Å². The molecule has 2 heterocycles. The molecule has 0 N–H and O–H groups in total. The first-order valence-corrected chi connectivity index (χ1v) is 9.92. The molecule has 8 heteroatoms. The number of aryl methyl sites for hydroxylation is 1. The van der Waals surface area contributed by atoms with E-state index < -0.39 is 10.0 Å². The van der Waals surface area contributed by atoms with Crippen LogP contribution in [0.15, 0.2) is 33.7 Å². The molecule has 0 amide bonds. The first-order chi connectivity index (χ1) is 11.9. The van der Waals surface area contributed by atoms with Gasteiger partial charge in [0.05, 0.1) is 11.4 Å². The molecule has 0 spiro atoms. The summed E-state index contributed by atoms with van der Waals surface area (Å²) in [6.45, 7) is 8.74. The van der Waals surface area contributed by atoms with Gasteiger partial charge >= 0.3 is 0 Å². The van der Waals surface area contributed by atoms with Crippen LogP contribution in [0.25, 0.3) is 0 Å². The first-order valence-electron chi connectivity index (χ1n) is 8.48. The highest BCUT2D eigenvalue weighted by Gasteiger charge is 2.28. The van der Waals surface area contributed by atoms with E-state index in [0.717, 1.165) is 5.56 Å². The van der Waals surface area contributed by atoms with Crippen molar-refractivity contribution in [3.8, 4) is 0 Å². The third-order valence-electron chi connectivity index (χ3n) is 4.45. The Bertz CT molecular complexity index is 807. The van der Waals surface area contributed by atoms with Gasteiger partial charge in [0.15, 0.2) is 5.82 Å². The minimum Gasteiger partial charge on any atom is -0.340 e. The molecule has 1 aromatic carbocycles. The van der Waals surface area contributed by atoms with Crippen molar-refractivity contribution in [3.63, 3.8) is 0 Å². The van der Waals surface area contributed by atoms with Gasteiger partial charge in [-0.15, -0.1) is 0 Å². The molecular formula is C17H24N4O3S. The van der Waals surface area contributed by atoms with Crippen molar-refractivity contribution in [2.75, 3.05) is 26.2 Å². The maximum atomic E-state index is 12.8. The highest BCUT2D eigenvalue weighted by atomic mass is 32.2. The van der Waals surface area contributed by atoms with Gasteiger partial charge in [-0.1, -0.05) is 31.1 Å². The number of sulfonamides is 1. The maximum absolute atomic E-state index is 12.8. The molecule has 2 aromatic rings. The summed E-state index contributed by atoms with van der Waals surface area (Å²) < 4.78 is 32.1. The molecule has 1 aliphatic heterocycles. The number of rotatable bonds is 5. The number of hydrogen-bond donors (Lipinski definition) is 0. The molecule has 0 radical (unpaired) electrons. The molecule has 3 rings (SSSR count). The molecule has 0 unspecified atom stereocenters. The second kappa shape index (κ2) is 7.23. The Balaban J connectivity index is 1.62. The lowest BCUT2D eigenvalue weighted by molar-refractivity contribution is 0.176. The molecule has 1 aromatic heterocycles. The fourth-order valence-electron chi connectivity index (χ4n) is 2.91. The lowest BCUT2D eigenvalue weighted by atomic mass is 10.0. The average molecular weight is 364 g/mol. The quantitative estimate of drug-likeness (QED) is 0.807. The molecule has 0 saturated carbocycles. The van der Waals surface area contributed by atoms with E-state index in [1.165, 1.54) is 0 Å². The summed E-state index contributed by atoms with van der Waals surface area (Å²) in [7, 11) is -3.44. The van der Waals surface area contributed by atoms with Crippen LogP contribution in [0, 0.1) is 6.92 Å². The number of hydrogen-bond acceptors (Lipinski definition) is 6. The zero-order chi connectivity index (χ0) is 18.0. The van der Waals surface area contributed by atoms with E-state index in [0.29, 0.717) is 55.3 Å². The van der Waals surface area contributed by atoms with E-state index in [-0.39, 0.29) is 0 Å². The van der Waals surface area contributed by atoms with E-state index in [1.807, 2.05) is 12.1 Å². The van der Waals surface area contributed by atoms with Crippen LogP contribution in [0.3, 0.4) is 0 Å². The molecular weight excluding hydrogens is 340 g/mol. The fraction of sp³-hybridized carbons (Fsp3) is 0.529. The normalized spacial score (nSPS) is 17.3. The predicted octanol–water partition coefficient (Wildman–Crippen LogP) is 2.01. The number of nitrogens with zero attached hydrogens (tertiary/aromatic N) is 4. The van der Waals surface area contributed by atoms with E-state index in [1.54, 1.807) is 23.4 Å². The van der Waals surface area contributed by atoms with Crippen molar-refractivity contribution in [1.82, 2.24) is 19.3 Å². The molecule has 1 saturated heterocycles. The predicted molar refractivity (Wildman–Crippen MR) is 93.6 cm³/mol. The molecule has 0 aliphatic carbocycles. The number of aromatic nitrogens is 2. The van der Waals surface area contributed by atoms with Gasteiger partial charge in [0.2, 0.25) is 15.9 Å². The molecule has 136 valence electrons. The van der Waals surface area contributed by atoms with E-state index in [9.17, 15) is 8.42 Å². The summed E-state index contributed by atoms with van der Waals surface area (Å²) in [6.07, 6.45) is 0. The Hall–Kier alpha value is -1.77. The molecule has 1 aliphatic rings. The van der Waals surface area contributed by atoms with Crippen molar-refractivity contribution in [3.05, 3.63) is 41.5 Å². The van der Waals surface area contributed by atoms with Crippen LogP contribution in [0.1, 0.15) is 37.0 Å². The van der Waals surface area contributed by atoms with Gasteiger partial charge < -0.3 is 4.52 Å². The van der Waals surface area contributed by atoms with Gasteiger partial charge in [-0.2, -0.15) is 9.29 Å². The van der Waals surface area contributed by atoms with E-state index >= 15 is 0 Å². The Morgan fingerprint density at radius 2 is 1.76 bits per heavy atom. The summed E-state index contributed by atoms with van der Waals surface area (Å²) in [6, 6.07) is 7.21. The van der Waals surface area contributed by atoms with Gasteiger partial charge in [0.25, 0.3) is 0 Å². The standard InChI is InChI=1S/C17H24N4O3S/c1-13(2)15-4-6-16(7-5-15)25(22,23)21-10-8-20(9-11-21)12-17-18-14(3)24-19-17/h4-7,13H,8-12H2,1-3H3. The van der Waals surface area contributed by atoms with Crippen LogP contribution in [-0.2, 0) is 16.6 Å². The van der Waals surface area contributed by atoms with Gasteiger partial charge in [0, 0.05) is 33.1 Å². The highest BCUT2D eigenvalue weighted by Crippen LogP contribution is 2.21. The minimum atomic E-state index is -3.44. The van der Waals surface area contributed by atoms with E-state index in [4.69, 9.17) is 4.52 Å². The van der Waals surface area contributed by atoms with Crippen molar-refractivity contribution in [2.45, 2.75) is 38.1 Å². The number of piperazine rings is 1. The van der Waals surface area contributed by atoms with Crippen LogP contribution >= 0.6 is 0 Å². The Labute approximate surface area is 148 Å². The van der Waals surface area contributed by atoms with Gasteiger partial charge in [-0.3, -0.25) is 4.90 Å². The monoisotopic (exact) mass is 364 g/mol. The van der Waals surface area contributed by atoms with Crippen LogP contribution in [0.4, 0.5) is 0 Å². The number of benzene rings is 1. The van der Waals surface area contributed by atoms with Crippen LogP contribution < -0.4 is 0 Å². The molecule has 7 nitrogen and oxygen atoms in total. The lowest BCUT2D eigenvalue weighted by Gasteiger charge is -2.33. The largest absolute Gasteiger partial charge is 0.340 e. The van der Waals surface area contributed by atoms with Gasteiger partial charge in [-0.25, -0.2) is 8.42 Å². The summed E-state index contributed by atoms with van der Waals surface area (Å²) >= 11 is 0. The van der Waals surface area contributed by atoms with Crippen LogP contribution in [0.5, 0.6) is 0 Å². The Kier molecular flexibility index (Phi) is 5.21. The highest BCUT2D eigenvalue weighted by molar-refractivity contribution is 7.89. The third-order valence-corrected chi connectivity index (χ3v) is 6.36. The molecule has 0 bridgehead atoms. The van der Waals surface area contributed by atoms with Crippen molar-refractivity contribution < 1.29 is 12.9 Å². The topological polar surface area (TPSA) is 79.5 Å². The second-order valence-corrected chi connectivity index (χ2v) is 8.57. The Morgan fingerprint density at radius 1 is 1.12 bits per heavy atom. The van der Waals surface area contributed by atoms with Crippen LogP contribution in [0.2, 0.25) is 0 Å². The molecule has 25 heavy (non-hydrogen) atoms. The third kappa shape index (κ3) is 4.08. The van der Waals surface area contributed by atoms with Gasteiger partial charge in [-0.05, 0) is 23.6 Å². The summed E-state index contributed by atoms with van der Waals surface area (Å²) in [5.74, 6) is 1.56.